The van der Waals surface area contributed by atoms with Crippen molar-refractivity contribution in [2.45, 2.75) is 0 Å². The molecule has 0 heterocycles. The Morgan fingerprint density at radius 1 is 1.42 bits per heavy atom. The van der Waals surface area contributed by atoms with Crippen LogP contribution in [0.3, 0.4) is 0 Å². The maximum absolute atomic E-state index is 11.0. The normalized spacial score (nSPS) is 10.2. The summed E-state index contributed by atoms with van der Waals surface area (Å²) in [5, 5.41) is 19.5. The average Bonchev–Trinajstić information content (AvgIpc) is 2.15. The molecule has 1 aromatic carbocycles. The molecule has 0 aliphatic heterocycles. The molecule has 68 valence electrons. The molecule has 0 amide bonds. The van der Waals surface area contributed by atoms with Gasteiger partial charge >= 0.3 is 80.4 Å². The van der Waals surface area contributed by atoms with E-state index >= 15 is 0 Å². The van der Waals surface area contributed by atoms with E-state index in [9.17, 15) is 5.21 Å². The molecule has 0 atom stereocenters. The van der Waals surface area contributed by atoms with E-state index in [0.29, 0.717) is 10.9 Å². The fourth-order valence-corrected chi connectivity index (χ4v) is 1.13. The summed E-state index contributed by atoms with van der Waals surface area (Å²) in [7, 11) is 0. The first-order chi connectivity index (χ1) is 5.84. The van der Waals surface area contributed by atoms with Gasteiger partial charge in [-0.05, 0) is 0 Å². The molecular formula is C6H7IN2O3-2. The average molecular weight is 282 g/mol. The van der Waals surface area contributed by atoms with Crippen molar-refractivity contribution in [3.05, 3.63) is 35.5 Å². The number of halogens is 1. The van der Waals surface area contributed by atoms with Gasteiger partial charge in [0.25, 0.3) is 0 Å². The van der Waals surface area contributed by atoms with Crippen LogP contribution in [0.15, 0.2) is 30.3 Å². The van der Waals surface area contributed by atoms with Crippen LogP contribution in [0.2, 0.25) is 0 Å². The summed E-state index contributed by atoms with van der Waals surface area (Å²) in [5.74, 6) is 0. The van der Waals surface area contributed by atoms with Crippen LogP contribution in [0.5, 0.6) is 0 Å². The van der Waals surface area contributed by atoms with Gasteiger partial charge in [-0.15, -0.1) is 0 Å². The Labute approximate surface area is 80.6 Å². The van der Waals surface area contributed by atoms with Gasteiger partial charge in [0.05, 0.1) is 0 Å². The molecule has 0 saturated carbocycles. The van der Waals surface area contributed by atoms with Gasteiger partial charge in [-0.25, -0.2) is 0 Å². The Kier molecular flexibility index (Phi) is 4.25. The third kappa shape index (κ3) is 2.91. The predicted molar refractivity (Wildman–Crippen MR) is 38.3 cm³/mol. The van der Waals surface area contributed by atoms with Crippen LogP contribution in [0.1, 0.15) is 0 Å². The molecule has 0 fully saturated rings. The predicted octanol–water partition coefficient (Wildman–Crippen LogP) is -2.18. The van der Waals surface area contributed by atoms with Crippen molar-refractivity contribution in [2.75, 3.05) is 5.23 Å². The molecule has 0 saturated heterocycles. The van der Waals surface area contributed by atoms with Crippen molar-refractivity contribution in [3.8, 4) is 0 Å². The number of rotatable bonds is 4. The van der Waals surface area contributed by atoms with E-state index in [4.69, 9.17) is 5.21 Å². The molecule has 0 radical (unpaired) electrons. The van der Waals surface area contributed by atoms with E-state index in [-0.39, 0.29) is 0 Å². The number of nitrogens with one attached hydrogen (secondary N) is 1. The Bertz CT molecular complexity index is 221. The second kappa shape index (κ2) is 5.27. The van der Waals surface area contributed by atoms with Crippen molar-refractivity contribution >= 4 is 5.69 Å². The Morgan fingerprint density at radius 2 is 2.08 bits per heavy atom. The third-order valence-corrected chi connectivity index (χ3v) is 1.85. The number of para-hydroxylation sites is 1. The van der Waals surface area contributed by atoms with Crippen LogP contribution in [-0.4, -0.2) is 5.21 Å². The van der Waals surface area contributed by atoms with Gasteiger partial charge < -0.3 is 0 Å². The van der Waals surface area contributed by atoms with Gasteiger partial charge in [-0.3, -0.25) is 0 Å². The van der Waals surface area contributed by atoms with Crippen LogP contribution in [0, 0.1) is 5.21 Å². The van der Waals surface area contributed by atoms with Crippen LogP contribution in [0.4, 0.5) is 5.69 Å². The van der Waals surface area contributed by atoms with Crippen molar-refractivity contribution in [1.29, 1.82) is 0 Å². The van der Waals surface area contributed by atoms with E-state index in [1.807, 2.05) is 3.69 Å². The molecule has 12 heavy (non-hydrogen) atoms. The zero-order chi connectivity index (χ0) is 8.81. The van der Waals surface area contributed by atoms with Gasteiger partial charge in [0.15, 0.2) is 0 Å². The summed E-state index contributed by atoms with van der Waals surface area (Å²) in [6.45, 7) is 0. The molecule has 0 bridgehead atoms. The van der Waals surface area contributed by atoms with Gasteiger partial charge in [-0.2, -0.15) is 0 Å². The first-order valence-electron chi connectivity index (χ1n) is 3.07. The van der Waals surface area contributed by atoms with Crippen LogP contribution >= 0.6 is 0 Å². The number of benzene rings is 1. The Balaban J connectivity index is 2.48. The summed E-state index contributed by atoms with van der Waals surface area (Å²) in [6, 6.07) is 8.50. The topological polar surface area (TPSA) is 67.8 Å². The third-order valence-electron chi connectivity index (χ3n) is 1.10. The zero-order valence-corrected chi connectivity index (χ0v) is 8.13. The van der Waals surface area contributed by atoms with Crippen molar-refractivity contribution < 1.29 is 30.3 Å². The molecule has 0 aromatic heterocycles. The molecule has 6 heteroatoms. The van der Waals surface area contributed by atoms with Crippen LogP contribution in [0.25, 0.3) is 0 Å². The monoisotopic (exact) mass is 282 g/mol. The van der Waals surface area contributed by atoms with Crippen molar-refractivity contribution in [2.24, 2.45) is 0 Å². The standard InChI is InChI=1S/C6H7IN2O3/c10-8-7-12-9(11)6-4-2-1-3-5-6/h1-5,8,10H/q-2. The number of anilines is 1. The number of hydrogen-bond donors (Lipinski definition) is 2. The van der Waals surface area contributed by atoms with E-state index in [2.05, 4.69) is 3.17 Å². The SMILES string of the molecule is [O-]N(O[I-]NO)c1ccccc1. The molecule has 5 nitrogen and oxygen atoms in total. The molecule has 0 aliphatic rings. The van der Waals surface area contributed by atoms with E-state index < -0.39 is 21.9 Å². The number of nitrogens with zero attached hydrogens (tertiary/aromatic N) is 1. The minimum absolute atomic E-state index is 0.372. The van der Waals surface area contributed by atoms with Gasteiger partial charge in [0.2, 0.25) is 0 Å². The van der Waals surface area contributed by atoms with E-state index in [1.165, 1.54) is 0 Å². The minimum atomic E-state index is -1.12. The maximum atomic E-state index is 11.0. The van der Waals surface area contributed by atoms with Crippen molar-refractivity contribution in [1.82, 2.24) is 3.69 Å². The molecule has 1 aromatic rings. The second-order valence-corrected chi connectivity index (χ2v) is 3.14. The molecular weight excluding hydrogens is 275 g/mol. The molecule has 0 unspecified atom stereocenters. The van der Waals surface area contributed by atoms with E-state index in [0.717, 1.165) is 0 Å². The second-order valence-electron chi connectivity index (χ2n) is 1.82. The summed E-state index contributed by atoms with van der Waals surface area (Å²) in [4.78, 5) is 0. The van der Waals surface area contributed by atoms with Gasteiger partial charge in [0, 0.05) is 0 Å². The fraction of sp³-hybridized carbons (Fsp3) is 0. The summed E-state index contributed by atoms with van der Waals surface area (Å²) >= 11 is -1.12. The molecule has 1 rings (SSSR count). The Hall–Kier alpha value is -0.410. The quantitative estimate of drug-likeness (QED) is 0.373. The summed E-state index contributed by atoms with van der Waals surface area (Å²) in [6.07, 6.45) is 0. The van der Waals surface area contributed by atoms with Gasteiger partial charge in [-0.1, -0.05) is 0 Å². The molecule has 0 aliphatic carbocycles. The zero-order valence-electron chi connectivity index (χ0n) is 5.98. The Morgan fingerprint density at radius 3 is 2.67 bits per heavy atom. The van der Waals surface area contributed by atoms with E-state index in [1.54, 1.807) is 30.3 Å². The first kappa shape index (κ1) is 9.68. The molecule has 0 spiro atoms. The molecule has 2 N–H and O–H groups in total. The number of hydrogen-bond acceptors (Lipinski definition) is 5. The summed E-state index contributed by atoms with van der Waals surface area (Å²) < 4.78 is 6.42. The first-order valence-corrected chi connectivity index (χ1v) is 5.03. The van der Waals surface area contributed by atoms with Crippen LogP contribution in [-0.2, 0) is 3.17 Å². The van der Waals surface area contributed by atoms with Crippen molar-refractivity contribution in [3.63, 3.8) is 0 Å². The summed E-state index contributed by atoms with van der Waals surface area (Å²) in [5.41, 5.74) is 0.410. The van der Waals surface area contributed by atoms with Gasteiger partial charge in [0.1, 0.15) is 0 Å². The fourth-order valence-electron chi connectivity index (χ4n) is 0.636. The van der Waals surface area contributed by atoms with Crippen LogP contribution < -0.4 is 30.8 Å².